The lowest BCUT2D eigenvalue weighted by Crippen LogP contribution is -2.57. The number of nitrogens with one attached hydrogen (secondary N) is 1. The van der Waals surface area contributed by atoms with E-state index in [1.54, 1.807) is 6.92 Å². The van der Waals surface area contributed by atoms with E-state index in [1.165, 1.54) is 0 Å². The van der Waals surface area contributed by atoms with Crippen molar-refractivity contribution in [3.05, 3.63) is 0 Å². The normalized spacial score (nSPS) is 32.5. The fourth-order valence-corrected chi connectivity index (χ4v) is 2.01. The molecule has 0 aromatic carbocycles. The van der Waals surface area contributed by atoms with Crippen LogP contribution >= 0.6 is 0 Å². The van der Waals surface area contributed by atoms with Crippen LogP contribution in [0.2, 0.25) is 0 Å². The standard InChI is InChI=1S/C12H24N2O2/c1-8(15)11(2,3)14-10(16)12(4)7-5-6-9(12)13/h8-9,15H,5-7,13H2,1-4H3,(H,14,16). The zero-order valence-electron chi connectivity index (χ0n) is 10.7. The first kappa shape index (κ1) is 13.5. The van der Waals surface area contributed by atoms with E-state index in [9.17, 15) is 9.90 Å². The highest BCUT2D eigenvalue weighted by Crippen LogP contribution is 2.37. The highest BCUT2D eigenvalue weighted by atomic mass is 16.3. The third kappa shape index (κ3) is 2.38. The summed E-state index contributed by atoms with van der Waals surface area (Å²) in [6, 6.07) is -0.0719. The van der Waals surface area contributed by atoms with Crippen LogP contribution in [0.5, 0.6) is 0 Å². The minimum absolute atomic E-state index is 0.0385. The number of nitrogens with two attached hydrogens (primary N) is 1. The quantitative estimate of drug-likeness (QED) is 0.668. The van der Waals surface area contributed by atoms with Crippen molar-refractivity contribution in [2.45, 2.75) is 64.6 Å². The minimum atomic E-state index is -0.609. The molecule has 0 aromatic rings. The molecule has 0 aliphatic heterocycles. The SMILES string of the molecule is CC(O)C(C)(C)NC(=O)C1(C)CCCC1N. The largest absolute Gasteiger partial charge is 0.391 e. The Labute approximate surface area is 97.6 Å². The molecule has 1 amide bonds. The van der Waals surface area contributed by atoms with Crippen molar-refractivity contribution in [1.29, 1.82) is 0 Å². The van der Waals surface area contributed by atoms with Crippen LogP contribution < -0.4 is 11.1 Å². The van der Waals surface area contributed by atoms with Crippen molar-refractivity contribution in [1.82, 2.24) is 5.32 Å². The van der Waals surface area contributed by atoms with Gasteiger partial charge in [0.25, 0.3) is 0 Å². The van der Waals surface area contributed by atoms with E-state index in [0.29, 0.717) is 0 Å². The second-order valence-corrected chi connectivity index (χ2v) is 5.77. The highest BCUT2D eigenvalue weighted by molar-refractivity contribution is 5.84. The molecule has 1 rings (SSSR count). The molecule has 94 valence electrons. The molecule has 0 bridgehead atoms. The van der Waals surface area contributed by atoms with E-state index in [1.807, 2.05) is 20.8 Å². The summed E-state index contributed by atoms with van der Waals surface area (Å²) in [6.07, 6.45) is 2.15. The molecule has 4 N–H and O–H groups in total. The summed E-state index contributed by atoms with van der Waals surface area (Å²) in [6.45, 7) is 7.23. The maximum atomic E-state index is 12.2. The van der Waals surface area contributed by atoms with Gasteiger partial charge in [-0.05, 0) is 40.5 Å². The number of rotatable bonds is 3. The Morgan fingerprint density at radius 1 is 1.62 bits per heavy atom. The van der Waals surface area contributed by atoms with Gasteiger partial charge in [-0.3, -0.25) is 4.79 Å². The summed E-state index contributed by atoms with van der Waals surface area (Å²) >= 11 is 0. The molecular formula is C12H24N2O2. The molecule has 16 heavy (non-hydrogen) atoms. The van der Waals surface area contributed by atoms with E-state index in [0.717, 1.165) is 19.3 Å². The Morgan fingerprint density at radius 2 is 2.19 bits per heavy atom. The molecule has 3 unspecified atom stereocenters. The Kier molecular flexibility index (Phi) is 3.65. The molecule has 1 fully saturated rings. The van der Waals surface area contributed by atoms with Crippen LogP contribution in [0, 0.1) is 5.41 Å². The van der Waals surface area contributed by atoms with Gasteiger partial charge in [-0.15, -0.1) is 0 Å². The summed E-state index contributed by atoms with van der Waals surface area (Å²) in [5.74, 6) is -0.0385. The van der Waals surface area contributed by atoms with Gasteiger partial charge in [0, 0.05) is 6.04 Å². The lowest BCUT2D eigenvalue weighted by Gasteiger charge is -2.35. The van der Waals surface area contributed by atoms with Crippen molar-refractivity contribution < 1.29 is 9.90 Å². The molecule has 0 spiro atoms. The van der Waals surface area contributed by atoms with Crippen molar-refractivity contribution in [3.8, 4) is 0 Å². The van der Waals surface area contributed by atoms with Crippen LogP contribution in [0.15, 0.2) is 0 Å². The van der Waals surface area contributed by atoms with Crippen LogP contribution in [0.25, 0.3) is 0 Å². The van der Waals surface area contributed by atoms with E-state index in [2.05, 4.69) is 5.32 Å². The van der Waals surface area contributed by atoms with Gasteiger partial charge in [-0.2, -0.15) is 0 Å². The van der Waals surface area contributed by atoms with Crippen LogP contribution in [0.3, 0.4) is 0 Å². The third-order valence-electron chi connectivity index (χ3n) is 4.03. The molecule has 1 aliphatic rings. The summed E-state index contributed by atoms with van der Waals surface area (Å²) in [5, 5.41) is 12.5. The maximum Gasteiger partial charge on any atom is 0.228 e. The van der Waals surface area contributed by atoms with E-state index < -0.39 is 17.1 Å². The van der Waals surface area contributed by atoms with Crippen LogP contribution in [-0.2, 0) is 4.79 Å². The molecule has 0 radical (unpaired) electrons. The molecule has 0 aromatic heterocycles. The predicted molar refractivity (Wildman–Crippen MR) is 63.8 cm³/mol. The van der Waals surface area contributed by atoms with Crippen LogP contribution in [-0.4, -0.2) is 28.7 Å². The van der Waals surface area contributed by atoms with Gasteiger partial charge in [-0.1, -0.05) is 6.42 Å². The Balaban J connectivity index is 2.72. The Hall–Kier alpha value is -0.610. The number of hydrogen-bond acceptors (Lipinski definition) is 3. The zero-order valence-corrected chi connectivity index (χ0v) is 10.7. The number of amides is 1. The summed E-state index contributed by atoms with van der Waals surface area (Å²) < 4.78 is 0. The molecule has 0 heterocycles. The molecular weight excluding hydrogens is 204 g/mol. The molecule has 0 saturated heterocycles. The van der Waals surface area contributed by atoms with Crippen molar-refractivity contribution in [3.63, 3.8) is 0 Å². The average molecular weight is 228 g/mol. The van der Waals surface area contributed by atoms with Gasteiger partial charge in [0.1, 0.15) is 0 Å². The Morgan fingerprint density at radius 3 is 2.56 bits per heavy atom. The molecule has 4 nitrogen and oxygen atoms in total. The van der Waals surface area contributed by atoms with Gasteiger partial charge in [0.05, 0.1) is 17.1 Å². The number of carbonyl (C=O) groups is 1. The van der Waals surface area contributed by atoms with Gasteiger partial charge in [-0.25, -0.2) is 0 Å². The zero-order chi connectivity index (χ0) is 12.6. The second kappa shape index (κ2) is 4.34. The highest BCUT2D eigenvalue weighted by Gasteiger charge is 2.44. The first-order chi connectivity index (χ1) is 7.20. The number of carbonyl (C=O) groups excluding carboxylic acids is 1. The number of aliphatic hydroxyl groups excluding tert-OH is 1. The summed E-state index contributed by atoms with van der Waals surface area (Å²) in [7, 11) is 0. The fourth-order valence-electron chi connectivity index (χ4n) is 2.01. The van der Waals surface area contributed by atoms with Gasteiger partial charge in [0.2, 0.25) is 5.91 Å². The molecule has 1 aliphatic carbocycles. The van der Waals surface area contributed by atoms with E-state index >= 15 is 0 Å². The topological polar surface area (TPSA) is 75.3 Å². The lowest BCUT2D eigenvalue weighted by molar-refractivity contribution is -0.133. The van der Waals surface area contributed by atoms with E-state index in [4.69, 9.17) is 5.73 Å². The molecule has 1 saturated carbocycles. The number of aliphatic hydroxyl groups is 1. The van der Waals surface area contributed by atoms with Crippen LogP contribution in [0.1, 0.15) is 47.0 Å². The van der Waals surface area contributed by atoms with Crippen molar-refractivity contribution in [2.24, 2.45) is 11.1 Å². The third-order valence-corrected chi connectivity index (χ3v) is 4.03. The summed E-state index contributed by atoms with van der Waals surface area (Å²) in [5.41, 5.74) is 4.90. The fraction of sp³-hybridized carbons (Fsp3) is 0.917. The Bertz CT molecular complexity index is 276. The first-order valence-electron chi connectivity index (χ1n) is 5.96. The number of hydrogen-bond donors (Lipinski definition) is 3. The van der Waals surface area contributed by atoms with Crippen molar-refractivity contribution in [2.75, 3.05) is 0 Å². The summed E-state index contributed by atoms with van der Waals surface area (Å²) in [4.78, 5) is 12.2. The lowest BCUT2D eigenvalue weighted by atomic mass is 9.83. The van der Waals surface area contributed by atoms with Crippen molar-refractivity contribution >= 4 is 5.91 Å². The van der Waals surface area contributed by atoms with Crippen LogP contribution in [0.4, 0.5) is 0 Å². The smallest absolute Gasteiger partial charge is 0.228 e. The average Bonchev–Trinajstić information content (AvgIpc) is 2.47. The van der Waals surface area contributed by atoms with Gasteiger partial charge in [0.15, 0.2) is 0 Å². The molecule has 4 heteroatoms. The van der Waals surface area contributed by atoms with Gasteiger partial charge >= 0.3 is 0 Å². The molecule has 3 atom stereocenters. The first-order valence-corrected chi connectivity index (χ1v) is 5.96. The predicted octanol–water partition coefficient (Wildman–Crippen LogP) is 0.779. The monoisotopic (exact) mass is 228 g/mol. The van der Waals surface area contributed by atoms with Gasteiger partial charge < -0.3 is 16.2 Å². The minimum Gasteiger partial charge on any atom is -0.391 e. The maximum absolute atomic E-state index is 12.2. The second-order valence-electron chi connectivity index (χ2n) is 5.77. The van der Waals surface area contributed by atoms with E-state index in [-0.39, 0.29) is 11.9 Å².